The number of fused-ring (bicyclic) bond motifs is 1. The van der Waals surface area contributed by atoms with E-state index in [1.54, 1.807) is 6.07 Å². The number of amides is 1. The van der Waals surface area contributed by atoms with E-state index in [0.717, 1.165) is 35.6 Å². The van der Waals surface area contributed by atoms with Crippen LogP contribution in [-0.4, -0.2) is 22.4 Å². The maximum atomic E-state index is 12.5. The molecule has 130 valence electrons. The molecule has 2 aromatic carbocycles. The highest BCUT2D eigenvalue weighted by Crippen LogP contribution is 2.32. The van der Waals surface area contributed by atoms with Gasteiger partial charge in [0, 0.05) is 24.8 Å². The normalized spacial score (nSPS) is 12.7. The lowest BCUT2D eigenvalue weighted by Gasteiger charge is -2.18. The monoisotopic (exact) mass is 344 g/mol. The topological polar surface area (TPSA) is 58.1 Å². The van der Waals surface area contributed by atoms with Gasteiger partial charge in [0.1, 0.15) is 17.8 Å². The van der Waals surface area contributed by atoms with Gasteiger partial charge in [-0.1, -0.05) is 42.5 Å². The summed E-state index contributed by atoms with van der Waals surface area (Å²) in [5.74, 6) is 0.565. The number of nitrogens with zero attached hydrogens (tertiary/aromatic N) is 3. The molecule has 0 atom stereocenters. The third kappa shape index (κ3) is 3.16. The van der Waals surface area contributed by atoms with Crippen LogP contribution in [0, 0.1) is 6.92 Å². The van der Waals surface area contributed by atoms with Crippen molar-refractivity contribution in [2.45, 2.75) is 19.9 Å². The first-order valence-corrected chi connectivity index (χ1v) is 8.72. The van der Waals surface area contributed by atoms with Crippen LogP contribution in [0.4, 0.5) is 11.5 Å². The minimum Gasteiger partial charge on any atom is -0.347 e. The fourth-order valence-electron chi connectivity index (χ4n) is 3.27. The Balaban J connectivity index is 1.51. The van der Waals surface area contributed by atoms with E-state index in [9.17, 15) is 4.79 Å². The van der Waals surface area contributed by atoms with Crippen molar-refractivity contribution in [2.75, 3.05) is 11.4 Å². The van der Waals surface area contributed by atoms with E-state index < -0.39 is 0 Å². The van der Waals surface area contributed by atoms with Crippen molar-refractivity contribution in [2.24, 2.45) is 0 Å². The number of anilines is 2. The van der Waals surface area contributed by atoms with Gasteiger partial charge in [0.05, 0.1) is 0 Å². The number of benzene rings is 2. The van der Waals surface area contributed by atoms with Gasteiger partial charge in [-0.3, -0.25) is 4.79 Å². The quantitative estimate of drug-likeness (QED) is 0.788. The Morgan fingerprint density at radius 3 is 2.81 bits per heavy atom. The minimum atomic E-state index is -0.190. The number of nitrogens with one attached hydrogen (secondary N) is 1. The second kappa shape index (κ2) is 6.96. The number of hydrogen-bond donors (Lipinski definition) is 1. The Labute approximate surface area is 152 Å². The predicted molar refractivity (Wildman–Crippen MR) is 102 cm³/mol. The van der Waals surface area contributed by atoms with Gasteiger partial charge in [-0.2, -0.15) is 0 Å². The van der Waals surface area contributed by atoms with Gasteiger partial charge in [-0.05, 0) is 36.1 Å². The molecule has 2 heterocycles. The lowest BCUT2D eigenvalue weighted by atomic mass is 10.1. The standard InChI is InChI=1S/C21H20N4O/c1-15-6-2-3-8-17(15)13-22-21(26)18-12-20(24-14-23-18)25-11-10-16-7-4-5-9-19(16)25/h2-9,12,14H,10-11,13H2,1H3,(H,22,26). The summed E-state index contributed by atoms with van der Waals surface area (Å²) >= 11 is 0. The zero-order valence-corrected chi connectivity index (χ0v) is 14.6. The van der Waals surface area contributed by atoms with Crippen LogP contribution in [0.1, 0.15) is 27.2 Å². The second-order valence-corrected chi connectivity index (χ2v) is 6.40. The molecule has 26 heavy (non-hydrogen) atoms. The molecule has 5 nitrogen and oxygen atoms in total. The van der Waals surface area contributed by atoms with E-state index in [1.165, 1.54) is 11.9 Å². The maximum Gasteiger partial charge on any atom is 0.270 e. The van der Waals surface area contributed by atoms with E-state index in [-0.39, 0.29) is 5.91 Å². The average Bonchev–Trinajstić information content (AvgIpc) is 3.11. The molecule has 0 unspecified atom stereocenters. The average molecular weight is 344 g/mol. The fraction of sp³-hybridized carbons (Fsp3) is 0.190. The summed E-state index contributed by atoms with van der Waals surface area (Å²) in [6.07, 6.45) is 2.44. The van der Waals surface area contributed by atoms with Gasteiger partial charge < -0.3 is 10.2 Å². The van der Waals surface area contributed by atoms with Crippen LogP contribution in [0.3, 0.4) is 0 Å². The molecule has 3 aromatic rings. The Morgan fingerprint density at radius 1 is 1.12 bits per heavy atom. The summed E-state index contributed by atoms with van der Waals surface area (Å²) in [5.41, 5.74) is 5.09. The molecule has 0 bridgehead atoms. The van der Waals surface area contributed by atoms with Crippen molar-refractivity contribution < 1.29 is 4.79 Å². The van der Waals surface area contributed by atoms with Crippen molar-refractivity contribution >= 4 is 17.4 Å². The van der Waals surface area contributed by atoms with Gasteiger partial charge in [0.25, 0.3) is 5.91 Å². The van der Waals surface area contributed by atoms with Crippen molar-refractivity contribution in [1.82, 2.24) is 15.3 Å². The molecule has 1 aliphatic heterocycles. The molecule has 0 radical (unpaired) electrons. The second-order valence-electron chi connectivity index (χ2n) is 6.40. The van der Waals surface area contributed by atoms with Crippen molar-refractivity contribution in [1.29, 1.82) is 0 Å². The molecule has 1 aliphatic rings. The van der Waals surface area contributed by atoms with Crippen LogP contribution in [-0.2, 0) is 13.0 Å². The Bertz CT molecular complexity index is 954. The molecule has 5 heteroatoms. The number of hydrogen-bond acceptors (Lipinski definition) is 4. The first kappa shape index (κ1) is 16.3. The van der Waals surface area contributed by atoms with Gasteiger partial charge in [-0.25, -0.2) is 9.97 Å². The number of aryl methyl sites for hydroxylation is 1. The lowest BCUT2D eigenvalue weighted by Crippen LogP contribution is -2.25. The molecule has 0 saturated heterocycles. The zero-order chi connectivity index (χ0) is 17.9. The van der Waals surface area contributed by atoms with E-state index >= 15 is 0 Å². The molecule has 0 spiro atoms. The first-order chi connectivity index (χ1) is 12.7. The number of rotatable bonds is 4. The molecule has 1 aromatic heterocycles. The highest BCUT2D eigenvalue weighted by molar-refractivity contribution is 5.93. The smallest absolute Gasteiger partial charge is 0.270 e. The van der Waals surface area contributed by atoms with Gasteiger partial charge in [0.15, 0.2) is 0 Å². The van der Waals surface area contributed by atoms with Gasteiger partial charge in [-0.15, -0.1) is 0 Å². The van der Waals surface area contributed by atoms with Crippen LogP contribution in [0.5, 0.6) is 0 Å². The fourth-order valence-corrected chi connectivity index (χ4v) is 3.27. The number of carbonyl (C=O) groups excluding carboxylic acids is 1. The molecule has 1 N–H and O–H groups in total. The Morgan fingerprint density at radius 2 is 1.92 bits per heavy atom. The van der Waals surface area contributed by atoms with E-state index in [1.807, 2.05) is 43.3 Å². The summed E-state index contributed by atoms with van der Waals surface area (Å²) in [4.78, 5) is 23.2. The zero-order valence-electron chi connectivity index (χ0n) is 14.6. The van der Waals surface area contributed by atoms with E-state index in [4.69, 9.17) is 0 Å². The Kier molecular flexibility index (Phi) is 4.35. The Hall–Kier alpha value is -3.21. The van der Waals surface area contributed by atoms with E-state index in [0.29, 0.717) is 12.2 Å². The minimum absolute atomic E-state index is 0.190. The van der Waals surface area contributed by atoms with Gasteiger partial charge >= 0.3 is 0 Å². The van der Waals surface area contributed by atoms with Gasteiger partial charge in [0.2, 0.25) is 0 Å². The summed E-state index contributed by atoms with van der Waals surface area (Å²) < 4.78 is 0. The third-order valence-electron chi connectivity index (χ3n) is 4.75. The van der Waals surface area contributed by atoms with Crippen LogP contribution in [0.2, 0.25) is 0 Å². The summed E-state index contributed by atoms with van der Waals surface area (Å²) in [6.45, 7) is 3.38. The third-order valence-corrected chi connectivity index (χ3v) is 4.75. The number of aromatic nitrogens is 2. The summed E-state index contributed by atoms with van der Waals surface area (Å²) in [6, 6.07) is 18.1. The SMILES string of the molecule is Cc1ccccc1CNC(=O)c1cc(N2CCc3ccccc32)ncn1. The summed E-state index contributed by atoms with van der Waals surface area (Å²) in [7, 11) is 0. The molecule has 4 rings (SSSR count). The van der Waals surface area contributed by atoms with Crippen molar-refractivity contribution in [3.8, 4) is 0 Å². The molecule has 0 aliphatic carbocycles. The van der Waals surface area contributed by atoms with Crippen molar-refractivity contribution in [3.63, 3.8) is 0 Å². The predicted octanol–water partition coefficient (Wildman–Crippen LogP) is 3.41. The van der Waals surface area contributed by atoms with Crippen LogP contribution < -0.4 is 10.2 Å². The highest BCUT2D eigenvalue weighted by atomic mass is 16.1. The molecule has 0 saturated carbocycles. The number of para-hydroxylation sites is 1. The van der Waals surface area contributed by atoms with E-state index in [2.05, 4.69) is 32.3 Å². The first-order valence-electron chi connectivity index (χ1n) is 8.72. The summed E-state index contributed by atoms with van der Waals surface area (Å²) in [5, 5.41) is 2.95. The van der Waals surface area contributed by atoms with Crippen LogP contribution >= 0.6 is 0 Å². The maximum absolute atomic E-state index is 12.5. The molecular weight excluding hydrogens is 324 g/mol. The van der Waals surface area contributed by atoms with Crippen molar-refractivity contribution in [3.05, 3.63) is 83.3 Å². The highest BCUT2D eigenvalue weighted by Gasteiger charge is 2.21. The number of carbonyl (C=O) groups is 1. The molecule has 1 amide bonds. The molecular formula is C21H20N4O. The van der Waals surface area contributed by atoms with Crippen LogP contribution in [0.25, 0.3) is 0 Å². The molecule has 0 fully saturated rings. The van der Waals surface area contributed by atoms with Crippen LogP contribution in [0.15, 0.2) is 60.9 Å². The largest absolute Gasteiger partial charge is 0.347 e. The lowest BCUT2D eigenvalue weighted by molar-refractivity contribution is 0.0945.